The number of para-hydroxylation sites is 1. The van der Waals surface area contributed by atoms with Gasteiger partial charge in [-0.15, -0.1) is 0 Å². The van der Waals surface area contributed by atoms with Gasteiger partial charge in [-0.1, -0.05) is 43.0 Å². The van der Waals surface area contributed by atoms with Crippen LogP contribution in [-0.4, -0.2) is 16.3 Å². The number of fused-ring (bicyclic) bond motifs is 1. The summed E-state index contributed by atoms with van der Waals surface area (Å²) in [5.74, 6) is 0. The van der Waals surface area contributed by atoms with Crippen molar-refractivity contribution >= 4 is 28.3 Å². The monoisotopic (exact) mass is 286 g/mol. The summed E-state index contributed by atoms with van der Waals surface area (Å²) in [7, 11) is 0. The van der Waals surface area contributed by atoms with Crippen LogP contribution in [0.2, 0.25) is 0 Å². The van der Waals surface area contributed by atoms with E-state index in [0.29, 0.717) is 22.5 Å². The van der Waals surface area contributed by atoms with Gasteiger partial charge >= 0.3 is 0 Å². The molecule has 0 saturated heterocycles. The summed E-state index contributed by atoms with van der Waals surface area (Å²) >= 11 is 0. The van der Waals surface area contributed by atoms with Gasteiger partial charge in [0.2, 0.25) is 0 Å². The summed E-state index contributed by atoms with van der Waals surface area (Å²) in [4.78, 5) is 20.5. The number of hydrogen-bond donors (Lipinski definition) is 0. The van der Waals surface area contributed by atoms with Gasteiger partial charge in [0.25, 0.3) is 0 Å². The van der Waals surface area contributed by atoms with Gasteiger partial charge in [-0.2, -0.15) is 0 Å². The minimum absolute atomic E-state index is 0.486. The van der Waals surface area contributed by atoms with Crippen LogP contribution in [0, 0.1) is 0 Å². The number of aromatic nitrogens is 2. The molecule has 2 aromatic heterocycles. The Kier molecular flexibility index (Phi) is 3.88. The van der Waals surface area contributed by atoms with E-state index in [4.69, 9.17) is 0 Å². The first-order valence-electron chi connectivity index (χ1n) is 6.93. The van der Waals surface area contributed by atoms with Gasteiger partial charge in [-0.25, -0.2) is 4.98 Å². The second kappa shape index (κ2) is 6.14. The van der Waals surface area contributed by atoms with Gasteiger partial charge in [0, 0.05) is 22.7 Å². The lowest BCUT2D eigenvalue weighted by Gasteiger charge is -2.08. The van der Waals surface area contributed by atoms with Crippen LogP contribution < -0.4 is 0 Å². The lowest BCUT2D eigenvalue weighted by Crippen LogP contribution is -1.97. The van der Waals surface area contributed by atoms with Gasteiger partial charge in [0.15, 0.2) is 6.29 Å². The van der Waals surface area contributed by atoms with Crippen molar-refractivity contribution in [3.05, 3.63) is 84.8 Å². The zero-order valence-corrected chi connectivity index (χ0v) is 11.9. The average molecular weight is 286 g/mol. The molecular weight excluding hydrogens is 272 g/mol. The van der Waals surface area contributed by atoms with Crippen LogP contribution in [0.15, 0.2) is 73.4 Å². The van der Waals surface area contributed by atoms with Gasteiger partial charge < -0.3 is 0 Å². The van der Waals surface area contributed by atoms with Crippen LogP contribution in [0.3, 0.4) is 0 Å². The largest absolute Gasteiger partial charge is 0.298 e. The summed E-state index contributed by atoms with van der Waals surface area (Å²) < 4.78 is 0. The molecule has 0 saturated carbocycles. The van der Waals surface area contributed by atoms with E-state index >= 15 is 0 Å². The molecule has 0 fully saturated rings. The number of rotatable bonds is 4. The summed E-state index contributed by atoms with van der Waals surface area (Å²) in [5.41, 5.74) is 3.34. The number of pyridine rings is 2. The number of carbonyl (C=O) groups is 1. The number of carbonyl (C=O) groups excluding carboxylic acids is 1. The molecular formula is C19H14N2O. The van der Waals surface area contributed by atoms with Crippen LogP contribution in [0.5, 0.6) is 0 Å². The van der Waals surface area contributed by atoms with E-state index in [2.05, 4.69) is 16.5 Å². The first-order valence-corrected chi connectivity index (χ1v) is 6.93. The summed E-state index contributed by atoms with van der Waals surface area (Å²) in [6, 6.07) is 17.2. The van der Waals surface area contributed by atoms with E-state index in [9.17, 15) is 4.79 Å². The van der Waals surface area contributed by atoms with Crippen molar-refractivity contribution in [1.29, 1.82) is 0 Å². The van der Waals surface area contributed by atoms with E-state index in [1.807, 2.05) is 54.6 Å². The molecule has 0 atom stereocenters. The van der Waals surface area contributed by atoms with Crippen LogP contribution in [0.4, 0.5) is 0 Å². The third-order valence-corrected chi connectivity index (χ3v) is 3.43. The molecule has 0 unspecified atom stereocenters. The Labute approximate surface area is 128 Å². The van der Waals surface area contributed by atoms with E-state index in [0.717, 1.165) is 17.2 Å². The molecule has 1 aromatic carbocycles. The maximum absolute atomic E-state index is 11.6. The molecule has 0 bridgehead atoms. The Balaban J connectivity index is 2.21. The Morgan fingerprint density at radius 1 is 0.909 bits per heavy atom. The number of aldehydes is 1. The number of benzene rings is 1. The standard InChI is InChI=1S/C19H14N2O/c1-2-15(18-9-5-6-12-20-18)16(13-22)19-11-10-14-7-3-4-8-17(14)21-19/h2-13H,1H2/b16-15-. The molecule has 106 valence electrons. The van der Waals surface area contributed by atoms with Gasteiger partial charge in [0.1, 0.15) is 0 Å². The van der Waals surface area contributed by atoms with Gasteiger partial charge in [0.05, 0.1) is 16.9 Å². The summed E-state index contributed by atoms with van der Waals surface area (Å²) in [6.07, 6.45) is 4.14. The quantitative estimate of drug-likeness (QED) is 0.414. The van der Waals surface area contributed by atoms with Gasteiger partial charge in [-0.3, -0.25) is 9.78 Å². The molecule has 3 rings (SSSR count). The molecule has 3 aromatic rings. The highest BCUT2D eigenvalue weighted by Crippen LogP contribution is 2.25. The van der Waals surface area contributed by atoms with Crippen LogP contribution in [-0.2, 0) is 4.79 Å². The molecule has 0 aliphatic heterocycles. The van der Waals surface area contributed by atoms with Crippen molar-refractivity contribution < 1.29 is 4.79 Å². The smallest absolute Gasteiger partial charge is 0.152 e. The number of hydrogen-bond acceptors (Lipinski definition) is 3. The highest BCUT2D eigenvalue weighted by molar-refractivity contribution is 6.18. The minimum Gasteiger partial charge on any atom is -0.298 e. The van der Waals surface area contributed by atoms with Crippen molar-refractivity contribution in [3.8, 4) is 0 Å². The number of allylic oxidation sites excluding steroid dienone is 3. The first-order chi connectivity index (χ1) is 10.8. The molecule has 22 heavy (non-hydrogen) atoms. The van der Waals surface area contributed by atoms with Gasteiger partial charge in [-0.05, 0) is 24.3 Å². The molecule has 2 heterocycles. The fourth-order valence-corrected chi connectivity index (χ4v) is 2.35. The van der Waals surface area contributed by atoms with E-state index < -0.39 is 0 Å². The molecule has 0 aliphatic carbocycles. The maximum atomic E-state index is 11.6. The Bertz CT molecular complexity index is 867. The molecule has 3 heteroatoms. The third kappa shape index (κ3) is 2.56. The minimum atomic E-state index is 0.486. The Morgan fingerprint density at radius 2 is 1.73 bits per heavy atom. The summed E-state index contributed by atoms with van der Waals surface area (Å²) in [6.45, 7) is 3.81. The fraction of sp³-hybridized carbons (Fsp3) is 0. The van der Waals surface area contributed by atoms with Crippen LogP contribution >= 0.6 is 0 Å². The van der Waals surface area contributed by atoms with Crippen molar-refractivity contribution in [2.75, 3.05) is 0 Å². The van der Waals surface area contributed by atoms with Crippen molar-refractivity contribution in [2.45, 2.75) is 0 Å². The SMILES string of the molecule is C=C/C(=C(\C=O)c1ccc2ccccc2n1)c1ccccn1. The predicted molar refractivity (Wildman–Crippen MR) is 89.1 cm³/mol. The Hall–Kier alpha value is -3.07. The molecule has 0 aliphatic rings. The second-order valence-electron chi connectivity index (χ2n) is 4.75. The normalized spacial score (nSPS) is 11.8. The highest BCUT2D eigenvalue weighted by Gasteiger charge is 2.11. The lowest BCUT2D eigenvalue weighted by molar-refractivity contribution is -0.103. The number of nitrogens with zero attached hydrogens (tertiary/aromatic N) is 2. The summed E-state index contributed by atoms with van der Waals surface area (Å²) in [5, 5.41) is 1.04. The zero-order valence-electron chi connectivity index (χ0n) is 11.9. The van der Waals surface area contributed by atoms with E-state index in [-0.39, 0.29) is 0 Å². The molecule has 3 nitrogen and oxygen atoms in total. The topological polar surface area (TPSA) is 42.9 Å². The molecule has 0 N–H and O–H groups in total. The molecule has 0 spiro atoms. The molecule has 0 radical (unpaired) electrons. The highest BCUT2D eigenvalue weighted by atomic mass is 16.1. The van der Waals surface area contributed by atoms with Crippen molar-refractivity contribution in [1.82, 2.24) is 9.97 Å². The maximum Gasteiger partial charge on any atom is 0.152 e. The van der Waals surface area contributed by atoms with Crippen molar-refractivity contribution in [2.24, 2.45) is 0 Å². The zero-order chi connectivity index (χ0) is 15.4. The Morgan fingerprint density at radius 3 is 2.45 bits per heavy atom. The van der Waals surface area contributed by atoms with Crippen molar-refractivity contribution in [3.63, 3.8) is 0 Å². The predicted octanol–water partition coefficient (Wildman–Crippen LogP) is 3.93. The third-order valence-electron chi connectivity index (χ3n) is 3.43. The second-order valence-corrected chi connectivity index (χ2v) is 4.75. The fourth-order valence-electron chi connectivity index (χ4n) is 2.35. The van der Waals surface area contributed by atoms with Crippen LogP contribution in [0.1, 0.15) is 11.4 Å². The molecule has 0 amide bonds. The average Bonchev–Trinajstić information content (AvgIpc) is 2.60. The van der Waals surface area contributed by atoms with E-state index in [1.54, 1.807) is 12.3 Å². The van der Waals surface area contributed by atoms with E-state index in [1.165, 1.54) is 0 Å². The first kappa shape index (κ1) is 13.9. The van der Waals surface area contributed by atoms with Crippen LogP contribution in [0.25, 0.3) is 22.0 Å². The lowest BCUT2D eigenvalue weighted by atomic mass is 10.0.